The van der Waals surface area contributed by atoms with Gasteiger partial charge in [-0.2, -0.15) is 0 Å². The third-order valence-corrected chi connectivity index (χ3v) is 5.18. The van der Waals surface area contributed by atoms with Crippen LogP contribution in [0.15, 0.2) is 30.6 Å². The first kappa shape index (κ1) is 16.1. The van der Waals surface area contributed by atoms with Crippen molar-refractivity contribution in [2.45, 2.75) is 38.8 Å². The number of aromatic nitrogens is 1. The van der Waals surface area contributed by atoms with Crippen molar-refractivity contribution in [1.82, 2.24) is 10.3 Å². The molecule has 2 aromatic rings. The van der Waals surface area contributed by atoms with Gasteiger partial charge in [0.05, 0.1) is 24.5 Å². The van der Waals surface area contributed by atoms with Crippen LogP contribution in [0.1, 0.15) is 52.9 Å². The predicted molar refractivity (Wildman–Crippen MR) is 95.7 cm³/mol. The minimum Gasteiger partial charge on any atom is -0.349 e. The maximum absolute atomic E-state index is 12.8. The largest absolute Gasteiger partial charge is 0.349 e. The SMILES string of the molecule is CCC(=O)N[C@H]1CCc2c1cncc2N1Cc2cc(Cl)ccc2C1=O. The first-order valence-electron chi connectivity index (χ1n) is 8.45. The van der Waals surface area contributed by atoms with Crippen LogP contribution in [0.4, 0.5) is 5.69 Å². The van der Waals surface area contributed by atoms with Gasteiger partial charge in [-0.05, 0) is 47.7 Å². The van der Waals surface area contributed by atoms with E-state index in [9.17, 15) is 9.59 Å². The number of benzene rings is 1. The Hall–Kier alpha value is -2.40. The minimum absolute atomic E-state index is 0.0237. The van der Waals surface area contributed by atoms with Crippen molar-refractivity contribution in [3.63, 3.8) is 0 Å². The first-order valence-corrected chi connectivity index (χ1v) is 8.82. The van der Waals surface area contributed by atoms with Crippen molar-refractivity contribution >= 4 is 29.1 Å². The summed E-state index contributed by atoms with van der Waals surface area (Å²) in [7, 11) is 0. The highest BCUT2D eigenvalue weighted by Gasteiger charge is 2.33. The molecule has 2 heterocycles. The van der Waals surface area contributed by atoms with Crippen LogP contribution in [0, 0.1) is 0 Å². The molecule has 0 radical (unpaired) electrons. The molecule has 0 unspecified atom stereocenters. The van der Waals surface area contributed by atoms with E-state index in [0.717, 1.165) is 35.2 Å². The molecule has 1 N–H and O–H groups in total. The van der Waals surface area contributed by atoms with Crippen molar-refractivity contribution < 1.29 is 9.59 Å². The summed E-state index contributed by atoms with van der Waals surface area (Å²) in [5.74, 6) is 0.00506. The van der Waals surface area contributed by atoms with Gasteiger partial charge in [-0.1, -0.05) is 18.5 Å². The number of nitrogens with one attached hydrogen (secondary N) is 1. The zero-order valence-electron chi connectivity index (χ0n) is 13.9. The summed E-state index contributed by atoms with van der Waals surface area (Å²) in [6, 6.07) is 5.34. The van der Waals surface area contributed by atoms with Gasteiger partial charge in [0.15, 0.2) is 0 Å². The topological polar surface area (TPSA) is 62.3 Å². The molecule has 0 spiro atoms. The number of amides is 2. The molecule has 0 fully saturated rings. The summed E-state index contributed by atoms with van der Waals surface area (Å²) in [5, 5.41) is 3.67. The lowest BCUT2D eigenvalue weighted by atomic mass is 10.1. The summed E-state index contributed by atoms with van der Waals surface area (Å²) in [6.07, 6.45) is 5.66. The highest BCUT2D eigenvalue weighted by molar-refractivity contribution is 6.31. The Labute approximate surface area is 151 Å². The van der Waals surface area contributed by atoms with E-state index in [1.165, 1.54) is 0 Å². The van der Waals surface area contributed by atoms with Crippen LogP contribution in [-0.4, -0.2) is 16.8 Å². The molecule has 6 heteroatoms. The number of hydrogen-bond donors (Lipinski definition) is 1. The molecule has 25 heavy (non-hydrogen) atoms. The van der Waals surface area contributed by atoms with Crippen molar-refractivity contribution in [3.8, 4) is 0 Å². The number of pyridine rings is 1. The van der Waals surface area contributed by atoms with E-state index in [1.54, 1.807) is 29.4 Å². The second kappa shape index (κ2) is 6.15. The van der Waals surface area contributed by atoms with E-state index < -0.39 is 0 Å². The molecular weight excluding hydrogens is 338 g/mol. The van der Waals surface area contributed by atoms with Gasteiger partial charge >= 0.3 is 0 Å². The third-order valence-electron chi connectivity index (χ3n) is 4.94. The quantitative estimate of drug-likeness (QED) is 0.917. The predicted octanol–water partition coefficient (Wildman–Crippen LogP) is 3.41. The van der Waals surface area contributed by atoms with E-state index in [2.05, 4.69) is 10.3 Å². The smallest absolute Gasteiger partial charge is 0.258 e. The zero-order valence-corrected chi connectivity index (χ0v) is 14.6. The van der Waals surface area contributed by atoms with Crippen LogP contribution in [0.3, 0.4) is 0 Å². The molecule has 5 nitrogen and oxygen atoms in total. The van der Waals surface area contributed by atoms with E-state index in [4.69, 9.17) is 11.6 Å². The van der Waals surface area contributed by atoms with Crippen LogP contribution in [0.2, 0.25) is 5.02 Å². The maximum Gasteiger partial charge on any atom is 0.258 e. The monoisotopic (exact) mass is 355 g/mol. The summed E-state index contributed by atoms with van der Waals surface area (Å²) in [4.78, 5) is 30.6. The number of hydrogen-bond acceptors (Lipinski definition) is 3. The number of anilines is 1. The molecule has 0 bridgehead atoms. The van der Waals surface area contributed by atoms with Crippen LogP contribution in [0.25, 0.3) is 0 Å². The van der Waals surface area contributed by atoms with Crippen LogP contribution in [0.5, 0.6) is 0 Å². The highest BCUT2D eigenvalue weighted by atomic mass is 35.5. The van der Waals surface area contributed by atoms with E-state index in [1.807, 2.05) is 13.0 Å². The Kier molecular flexibility index (Phi) is 3.96. The summed E-state index contributed by atoms with van der Waals surface area (Å²) in [5.41, 5.74) is 4.58. The standard InChI is InChI=1S/C19H18ClN3O2/c1-2-18(24)22-16-6-5-14-15(16)8-21-9-17(14)23-10-11-7-12(20)3-4-13(11)19(23)25/h3-4,7-9,16H,2,5-6,10H2,1H3,(H,22,24)/t16-/m0/s1. The fraction of sp³-hybridized carbons (Fsp3) is 0.316. The zero-order chi connectivity index (χ0) is 17.6. The Morgan fingerprint density at radius 3 is 3.04 bits per heavy atom. The van der Waals surface area contributed by atoms with Crippen molar-refractivity contribution in [3.05, 3.63) is 57.9 Å². The molecule has 0 saturated carbocycles. The molecule has 1 aromatic carbocycles. The van der Waals surface area contributed by atoms with Gasteiger partial charge in [0.25, 0.3) is 5.91 Å². The van der Waals surface area contributed by atoms with Crippen LogP contribution >= 0.6 is 11.6 Å². The fourth-order valence-electron chi connectivity index (χ4n) is 3.67. The molecule has 1 aliphatic heterocycles. The van der Waals surface area contributed by atoms with Gasteiger partial charge in [-0.3, -0.25) is 14.6 Å². The number of carbonyl (C=O) groups excluding carboxylic acids is 2. The Morgan fingerprint density at radius 2 is 2.24 bits per heavy atom. The van der Waals surface area contributed by atoms with Gasteiger partial charge in [0, 0.05) is 23.2 Å². The summed E-state index contributed by atoms with van der Waals surface area (Å²) >= 11 is 6.06. The molecule has 128 valence electrons. The molecule has 4 rings (SSSR count). The Bertz CT molecular complexity index is 881. The average Bonchev–Trinajstić information content (AvgIpc) is 3.16. The van der Waals surface area contributed by atoms with Crippen LogP contribution in [-0.2, 0) is 17.8 Å². The number of carbonyl (C=O) groups is 2. The van der Waals surface area contributed by atoms with Crippen molar-refractivity contribution in [2.75, 3.05) is 4.90 Å². The molecule has 2 amide bonds. The van der Waals surface area contributed by atoms with Crippen molar-refractivity contribution in [1.29, 1.82) is 0 Å². The molecule has 1 atom stereocenters. The molecule has 1 aromatic heterocycles. The second-order valence-corrected chi connectivity index (χ2v) is 6.87. The lowest BCUT2D eigenvalue weighted by molar-refractivity contribution is -0.121. The number of fused-ring (bicyclic) bond motifs is 2. The van der Waals surface area contributed by atoms with Gasteiger partial charge in [-0.25, -0.2) is 0 Å². The molecular formula is C19H18ClN3O2. The number of nitrogens with zero attached hydrogens (tertiary/aromatic N) is 2. The van der Waals surface area contributed by atoms with Gasteiger partial charge < -0.3 is 10.2 Å². The second-order valence-electron chi connectivity index (χ2n) is 6.43. The summed E-state index contributed by atoms with van der Waals surface area (Å²) in [6.45, 7) is 2.34. The fourth-order valence-corrected chi connectivity index (χ4v) is 3.87. The van der Waals surface area contributed by atoms with Gasteiger partial charge in [-0.15, -0.1) is 0 Å². The lowest BCUT2D eigenvalue weighted by Gasteiger charge is -2.20. The Balaban J connectivity index is 1.68. The van der Waals surface area contributed by atoms with Gasteiger partial charge in [0.1, 0.15) is 0 Å². The molecule has 0 saturated heterocycles. The van der Waals surface area contributed by atoms with E-state index in [-0.39, 0.29) is 17.9 Å². The molecule has 1 aliphatic carbocycles. The number of rotatable bonds is 3. The Morgan fingerprint density at radius 1 is 1.40 bits per heavy atom. The summed E-state index contributed by atoms with van der Waals surface area (Å²) < 4.78 is 0. The number of halogens is 1. The third kappa shape index (κ3) is 2.68. The van der Waals surface area contributed by atoms with Crippen LogP contribution < -0.4 is 10.2 Å². The van der Waals surface area contributed by atoms with E-state index >= 15 is 0 Å². The maximum atomic E-state index is 12.8. The molecule has 2 aliphatic rings. The average molecular weight is 356 g/mol. The lowest BCUT2D eigenvalue weighted by Crippen LogP contribution is -2.27. The van der Waals surface area contributed by atoms with Gasteiger partial charge in [0.2, 0.25) is 5.91 Å². The first-order chi connectivity index (χ1) is 12.1. The van der Waals surface area contributed by atoms with E-state index in [0.29, 0.717) is 23.6 Å². The minimum atomic E-state index is -0.0251. The normalized spacial score (nSPS) is 18.2. The van der Waals surface area contributed by atoms with Crippen molar-refractivity contribution in [2.24, 2.45) is 0 Å². The highest BCUT2D eigenvalue weighted by Crippen LogP contribution is 2.39.